The van der Waals surface area contributed by atoms with Crippen LogP contribution in [0.1, 0.15) is 16.1 Å². The number of nitrogens with zero attached hydrogens (tertiary/aromatic N) is 2. The Kier molecular flexibility index (Phi) is 4.14. The second-order valence-electron chi connectivity index (χ2n) is 5.75. The zero-order valence-corrected chi connectivity index (χ0v) is 15.0. The van der Waals surface area contributed by atoms with Crippen molar-refractivity contribution in [3.05, 3.63) is 59.8 Å². The maximum Gasteiger partial charge on any atom is 0.279 e. The Morgan fingerprint density at radius 1 is 1.15 bits per heavy atom. The van der Waals surface area contributed by atoms with Crippen molar-refractivity contribution in [1.29, 1.82) is 0 Å². The molecular weight excluding hydrogens is 350 g/mol. The second-order valence-corrected chi connectivity index (χ2v) is 6.78. The van der Waals surface area contributed by atoms with Crippen LogP contribution < -0.4 is 10.1 Å². The van der Waals surface area contributed by atoms with Gasteiger partial charge in [0, 0.05) is 11.6 Å². The van der Waals surface area contributed by atoms with E-state index >= 15 is 0 Å². The molecule has 0 atom stereocenters. The molecule has 0 saturated carbocycles. The fourth-order valence-corrected chi connectivity index (χ4v) is 3.48. The van der Waals surface area contributed by atoms with Crippen molar-refractivity contribution in [2.45, 2.75) is 6.92 Å². The third-order valence-electron chi connectivity index (χ3n) is 3.88. The van der Waals surface area contributed by atoms with Gasteiger partial charge < -0.3 is 9.26 Å². The first-order valence-electron chi connectivity index (χ1n) is 7.92. The summed E-state index contributed by atoms with van der Waals surface area (Å²) < 4.78 is 11.4. The van der Waals surface area contributed by atoms with Crippen LogP contribution in [-0.2, 0) is 0 Å². The van der Waals surface area contributed by atoms with E-state index in [1.54, 1.807) is 13.2 Å². The molecule has 1 N–H and O–H groups in total. The molecule has 4 aromatic rings. The Morgan fingerprint density at radius 3 is 2.73 bits per heavy atom. The van der Waals surface area contributed by atoms with Crippen LogP contribution in [0.2, 0.25) is 0 Å². The third kappa shape index (κ3) is 3.16. The number of aromatic nitrogens is 2. The first-order valence-corrected chi connectivity index (χ1v) is 8.74. The van der Waals surface area contributed by atoms with E-state index in [-0.39, 0.29) is 11.6 Å². The lowest BCUT2D eigenvalue weighted by Gasteiger charge is -1.99. The number of methoxy groups -OCH3 is 1. The summed E-state index contributed by atoms with van der Waals surface area (Å²) in [7, 11) is 1.61. The van der Waals surface area contributed by atoms with Gasteiger partial charge in [0.1, 0.15) is 5.75 Å². The number of fused-ring (bicyclic) bond motifs is 1. The van der Waals surface area contributed by atoms with Gasteiger partial charge in [-0.15, -0.1) is 0 Å². The number of hydrogen-bond donors (Lipinski definition) is 1. The SMILES string of the molecule is COc1ccc(-c2cc(C(=O)Nc3nc4ccc(C)cc4s3)no2)cc1. The topological polar surface area (TPSA) is 77.2 Å². The summed E-state index contributed by atoms with van der Waals surface area (Å²) in [5.74, 6) is 0.902. The van der Waals surface area contributed by atoms with Gasteiger partial charge in [0.15, 0.2) is 16.6 Å². The Bertz CT molecular complexity index is 1080. The molecule has 2 aromatic heterocycles. The van der Waals surface area contributed by atoms with Crippen LogP contribution in [0.3, 0.4) is 0 Å². The van der Waals surface area contributed by atoms with Gasteiger partial charge in [-0.1, -0.05) is 22.6 Å². The standard InChI is InChI=1S/C19H15N3O3S/c1-11-3-8-14-17(9-11)26-19(20-14)21-18(23)15-10-16(25-22-15)12-4-6-13(24-2)7-5-12/h3-10H,1-2H3,(H,20,21,23). The highest BCUT2D eigenvalue weighted by atomic mass is 32.1. The smallest absolute Gasteiger partial charge is 0.279 e. The third-order valence-corrected chi connectivity index (χ3v) is 4.82. The number of carbonyl (C=O) groups is 1. The lowest BCUT2D eigenvalue weighted by atomic mass is 10.1. The molecule has 4 rings (SSSR count). The van der Waals surface area contributed by atoms with Crippen LogP contribution in [-0.4, -0.2) is 23.2 Å². The minimum absolute atomic E-state index is 0.200. The van der Waals surface area contributed by atoms with Crippen LogP contribution in [0.5, 0.6) is 5.75 Å². The molecule has 0 aliphatic carbocycles. The van der Waals surface area contributed by atoms with Crippen LogP contribution in [0.15, 0.2) is 53.1 Å². The Morgan fingerprint density at radius 2 is 1.96 bits per heavy atom. The summed E-state index contributed by atoms with van der Waals surface area (Å²) in [6.45, 7) is 2.02. The van der Waals surface area contributed by atoms with E-state index in [4.69, 9.17) is 9.26 Å². The Balaban J connectivity index is 1.53. The van der Waals surface area contributed by atoms with Gasteiger partial charge in [-0.2, -0.15) is 0 Å². The predicted molar refractivity (Wildman–Crippen MR) is 101 cm³/mol. The lowest BCUT2D eigenvalue weighted by molar-refractivity contribution is 0.101. The molecule has 1 amide bonds. The van der Waals surface area contributed by atoms with Crippen LogP contribution in [0.25, 0.3) is 21.5 Å². The van der Waals surface area contributed by atoms with Gasteiger partial charge in [-0.05, 0) is 48.9 Å². The van der Waals surface area contributed by atoms with Gasteiger partial charge in [0.05, 0.1) is 17.3 Å². The van der Waals surface area contributed by atoms with E-state index in [9.17, 15) is 4.79 Å². The molecule has 0 spiro atoms. The Labute approximate surface area is 153 Å². The van der Waals surface area contributed by atoms with E-state index in [1.165, 1.54) is 11.3 Å². The van der Waals surface area contributed by atoms with E-state index < -0.39 is 0 Å². The van der Waals surface area contributed by atoms with E-state index in [1.807, 2.05) is 49.4 Å². The van der Waals surface area contributed by atoms with Crippen molar-refractivity contribution < 1.29 is 14.1 Å². The maximum absolute atomic E-state index is 12.4. The van der Waals surface area contributed by atoms with Crippen LogP contribution in [0, 0.1) is 6.92 Å². The average Bonchev–Trinajstić information content (AvgIpc) is 3.28. The molecule has 2 heterocycles. The lowest BCUT2D eigenvalue weighted by Crippen LogP contribution is -2.11. The van der Waals surface area contributed by atoms with Gasteiger partial charge in [0.2, 0.25) is 0 Å². The predicted octanol–water partition coefficient (Wildman–Crippen LogP) is 4.52. The van der Waals surface area contributed by atoms with Gasteiger partial charge in [-0.3, -0.25) is 10.1 Å². The number of amides is 1. The molecule has 0 aliphatic rings. The van der Waals surface area contributed by atoms with E-state index in [2.05, 4.69) is 15.5 Å². The van der Waals surface area contributed by atoms with Crippen molar-refractivity contribution >= 4 is 32.6 Å². The summed E-state index contributed by atoms with van der Waals surface area (Å²) in [5.41, 5.74) is 3.02. The number of aryl methyl sites for hydroxylation is 1. The number of ether oxygens (including phenoxy) is 1. The molecular formula is C19H15N3O3S. The molecule has 2 aromatic carbocycles. The van der Waals surface area contributed by atoms with E-state index in [0.29, 0.717) is 10.9 Å². The first kappa shape index (κ1) is 16.3. The van der Waals surface area contributed by atoms with Gasteiger partial charge in [-0.25, -0.2) is 4.98 Å². The Hall–Kier alpha value is -3.19. The number of thiazole rings is 1. The normalized spacial score (nSPS) is 10.8. The minimum atomic E-state index is -0.357. The summed E-state index contributed by atoms with van der Waals surface area (Å²) >= 11 is 1.43. The monoisotopic (exact) mass is 365 g/mol. The van der Waals surface area contributed by atoms with Crippen LogP contribution in [0.4, 0.5) is 5.13 Å². The molecule has 26 heavy (non-hydrogen) atoms. The largest absolute Gasteiger partial charge is 0.497 e. The summed E-state index contributed by atoms with van der Waals surface area (Å²) in [5, 5.41) is 7.17. The molecule has 0 unspecified atom stereocenters. The number of rotatable bonds is 4. The van der Waals surface area contributed by atoms with Crippen molar-refractivity contribution in [3.8, 4) is 17.1 Å². The molecule has 0 aliphatic heterocycles. The van der Waals surface area contributed by atoms with Crippen molar-refractivity contribution in [2.75, 3.05) is 12.4 Å². The highest BCUT2D eigenvalue weighted by Crippen LogP contribution is 2.27. The molecule has 0 saturated heterocycles. The summed E-state index contributed by atoms with van der Waals surface area (Å²) in [6, 6.07) is 14.9. The molecule has 130 valence electrons. The highest BCUT2D eigenvalue weighted by Gasteiger charge is 2.16. The molecule has 7 heteroatoms. The number of anilines is 1. The van der Waals surface area contributed by atoms with Crippen molar-refractivity contribution in [3.63, 3.8) is 0 Å². The fraction of sp³-hybridized carbons (Fsp3) is 0.105. The molecule has 0 radical (unpaired) electrons. The molecule has 6 nitrogen and oxygen atoms in total. The second kappa shape index (κ2) is 6.61. The highest BCUT2D eigenvalue weighted by molar-refractivity contribution is 7.22. The van der Waals surface area contributed by atoms with Gasteiger partial charge in [0.25, 0.3) is 5.91 Å². The molecule has 0 fully saturated rings. The summed E-state index contributed by atoms with van der Waals surface area (Å²) in [4.78, 5) is 16.8. The zero-order chi connectivity index (χ0) is 18.1. The van der Waals surface area contributed by atoms with E-state index in [0.717, 1.165) is 27.1 Å². The summed E-state index contributed by atoms with van der Waals surface area (Å²) in [6.07, 6.45) is 0. The first-order chi connectivity index (χ1) is 12.6. The number of hydrogen-bond acceptors (Lipinski definition) is 6. The quantitative estimate of drug-likeness (QED) is 0.575. The zero-order valence-electron chi connectivity index (χ0n) is 14.1. The molecule has 0 bridgehead atoms. The van der Waals surface area contributed by atoms with Gasteiger partial charge >= 0.3 is 0 Å². The van der Waals surface area contributed by atoms with Crippen molar-refractivity contribution in [1.82, 2.24) is 10.1 Å². The minimum Gasteiger partial charge on any atom is -0.497 e. The number of nitrogens with one attached hydrogen (secondary N) is 1. The maximum atomic E-state index is 12.4. The number of carbonyl (C=O) groups excluding carboxylic acids is 1. The van der Waals surface area contributed by atoms with Crippen molar-refractivity contribution in [2.24, 2.45) is 0 Å². The average molecular weight is 365 g/mol. The van der Waals surface area contributed by atoms with Crippen LogP contribution >= 0.6 is 11.3 Å². The number of benzene rings is 2. The fourth-order valence-electron chi connectivity index (χ4n) is 2.52.